The summed E-state index contributed by atoms with van der Waals surface area (Å²) in [5, 5.41) is 8.10. The van der Waals surface area contributed by atoms with Crippen LogP contribution in [0.25, 0.3) is 0 Å². The molecule has 1 N–H and O–H groups in total. The molecule has 0 unspecified atom stereocenters. The van der Waals surface area contributed by atoms with E-state index in [1.807, 2.05) is 4.68 Å². The molecule has 1 aliphatic heterocycles. The van der Waals surface area contributed by atoms with Gasteiger partial charge in [0.2, 0.25) is 0 Å². The molecule has 0 radical (unpaired) electrons. The van der Waals surface area contributed by atoms with Crippen molar-refractivity contribution in [2.75, 3.05) is 26.2 Å². The van der Waals surface area contributed by atoms with Crippen molar-refractivity contribution in [1.29, 1.82) is 0 Å². The van der Waals surface area contributed by atoms with E-state index in [1.54, 1.807) is 0 Å². The first-order chi connectivity index (χ1) is 9.19. The predicted octanol–water partition coefficient (Wildman–Crippen LogP) is 2.29. The fourth-order valence-electron chi connectivity index (χ4n) is 2.68. The van der Waals surface area contributed by atoms with Gasteiger partial charge in [-0.3, -0.25) is 9.58 Å². The Balaban J connectivity index is 1.75. The zero-order chi connectivity index (χ0) is 13.7. The fourth-order valence-corrected chi connectivity index (χ4v) is 2.68. The summed E-state index contributed by atoms with van der Waals surface area (Å²) in [5.74, 6) is 0.865. The lowest BCUT2D eigenvalue weighted by Crippen LogP contribution is -2.37. The van der Waals surface area contributed by atoms with Gasteiger partial charge in [0.05, 0.1) is 5.69 Å². The second-order valence-corrected chi connectivity index (χ2v) is 5.91. The smallest absolute Gasteiger partial charge is 0.0764 e. The Bertz CT molecular complexity index is 364. The number of nitrogens with zero attached hydrogens (tertiary/aromatic N) is 3. The van der Waals surface area contributed by atoms with Gasteiger partial charge >= 0.3 is 0 Å². The zero-order valence-electron chi connectivity index (χ0n) is 12.6. The van der Waals surface area contributed by atoms with E-state index in [4.69, 9.17) is 0 Å². The van der Waals surface area contributed by atoms with Gasteiger partial charge in [-0.05, 0) is 64.9 Å². The van der Waals surface area contributed by atoms with Crippen molar-refractivity contribution >= 4 is 0 Å². The number of hydrogen-bond acceptors (Lipinski definition) is 3. The topological polar surface area (TPSA) is 33.1 Å². The second-order valence-electron chi connectivity index (χ2n) is 5.91. The molecule has 0 atom stereocenters. The molecule has 2 rings (SSSR count). The maximum Gasteiger partial charge on any atom is 0.0764 e. The van der Waals surface area contributed by atoms with Crippen LogP contribution in [0.2, 0.25) is 0 Å². The molecule has 4 nitrogen and oxygen atoms in total. The second kappa shape index (κ2) is 7.06. The minimum absolute atomic E-state index is 0.458. The van der Waals surface area contributed by atoms with Crippen LogP contribution in [0.1, 0.15) is 45.3 Å². The van der Waals surface area contributed by atoms with E-state index in [9.17, 15) is 0 Å². The summed E-state index contributed by atoms with van der Waals surface area (Å²) < 4.78 is 2.05. The number of nitrogens with one attached hydrogen (secondary N) is 1. The van der Waals surface area contributed by atoms with Crippen LogP contribution in [0.5, 0.6) is 0 Å². The van der Waals surface area contributed by atoms with E-state index in [-0.39, 0.29) is 0 Å². The van der Waals surface area contributed by atoms with Crippen molar-refractivity contribution in [3.05, 3.63) is 18.0 Å². The lowest BCUT2D eigenvalue weighted by Gasteiger charge is -2.31. The summed E-state index contributed by atoms with van der Waals surface area (Å²) in [7, 11) is 0. The highest BCUT2D eigenvalue weighted by molar-refractivity contribution is 4.99. The summed E-state index contributed by atoms with van der Waals surface area (Å²) in [4.78, 5) is 2.54. The summed E-state index contributed by atoms with van der Waals surface area (Å²) >= 11 is 0. The van der Waals surface area contributed by atoms with Crippen molar-refractivity contribution in [3.8, 4) is 0 Å². The molecule has 19 heavy (non-hydrogen) atoms. The van der Waals surface area contributed by atoms with Crippen LogP contribution in [0, 0.1) is 5.92 Å². The lowest BCUT2D eigenvalue weighted by atomic mass is 9.97. The minimum atomic E-state index is 0.458. The molecule has 0 saturated carbocycles. The Morgan fingerprint density at radius 3 is 2.68 bits per heavy atom. The fraction of sp³-hybridized carbons (Fsp3) is 0.800. The molecule has 1 fully saturated rings. The molecular weight excluding hydrogens is 236 g/mol. The van der Waals surface area contributed by atoms with E-state index in [0.29, 0.717) is 6.04 Å². The third-order valence-electron chi connectivity index (χ3n) is 3.97. The third kappa shape index (κ3) is 4.32. The van der Waals surface area contributed by atoms with Crippen LogP contribution < -0.4 is 5.32 Å². The molecule has 1 aromatic rings. The Morgan fingerprint density at radius 1 is 1.37 bits per heavy atom. The zero-order valence-corrected chi connectivity index (χ0v) is 12.6. The molecule has 2 heterocycles. The van der Waals surface area contributed by atoms with Crippen LogP contribution in [0.3, 0.4) is 0 Å². The normalized spacial score (nSPS) is 18.3. The quantitative estimate of drug-likeness (QED) is 0.856. The average molecular weight is 264 g/mol. The number of aromatic nitrogens is 2. The molecule has 1 saturated heterocycles. The standard InChI is InChI=1S/C15H28N4/c1-4-16-11-14-5-8-18(9-6-14)12-15-7-10-19(17-15)13(2)3/h7,10,13-14,16H,4-6,8-9,11-12H2,1-3H3. The largest absolute Gasteiger partial charge is 0.317 e. The minimum Gasteiger partial charge on any atom is -0.317 e. The van der Waals surface area contributed by atoms with Crippen molar-refractivity contribution in [3.63, 3.8) is 0 Å². The Kier molecular flexibility index (Phi) is 5.40. The molecule has 0 aromatic carbocycles. The predicted molar refractivity (Wildman–Crippen MR) is 79.2 cm³/mol. The van der Waals surface area contributed by atoms with Crippen molar-refractivity contribution in [2.24, 2.45) is 5.92 Å². The van der Waals surface area contributed by atoms with Crippen molar-refractivity contribution < 1.29 is 0 Å². The average Bonchev–Trinajstić information content (AvgIpc) is 2.87. The van der Waals surface area contributed by atoms with Gasteiger partial charge in [-0.2, -0.15) is 5.10 Å². The first-order valence-corrected chi connectivity index (χ1v) is 7.66. The first kappa shape index (κ1) is 14.5. The number of rotatable bonds is 6. The van der Waals surface area contributed by atoms with Crippen molar-refractivity contribution in [2.45, 2.75) is 46.2 Å². The van der Waals surface area contributed by atoms with Gasteiger partial charge in [0.1, 0.15) is 0 Å². The molecule has 0 spiro atoms. The van der Waals surface area contributed by atoms with Gasteiger partial charge in [-0.25, -0.2) is 0 Å². The molecule has 108 valence electrons. The van der Waals surface area contributed by atoms with Crippen LogP contribution in [0.4, 0.5) is 0 Å². The van der Waals surface area contributed by atoms with Gasteiger partial charge in [0.15, 0.2) is 0 Å². The molecule has 1 aromatic heterocycles. The molecule has 0 aliphatic carbocycles. The van der Waals surface area contributed by atoms with Crippen LogP contribution in [0.15, 0.2) is 12.3 Å². The molecule has 0 amide bonds. The summed E-state index contributed by atoms with van der Waals surface area (Å²) in [6.07, 6.45) is 4.73. The van der Waals surface area contributed by atoms with Crippen molar-refractivity contribution in [1.82, 2.24) is 20.0 Å². The van der Waals surface area contributed by atoms with Crippen LogP contribution >= 0.6 is 0 Å². The third-order valence-corrected chi connectivity index (χ3v) is 3.97. The molecule has 4 heteroatoms. The lowest BCUT2D eigenvalue weighted by molar-refractivity contribution is 0.173. The van der Waals surface area contributed by atoms with Gasteiger partial charge < -0.3 is 5.32 Å². The Hall–Kier alpha value is -0.870. The van der Waals surface area contributed by atoms with Gasteiger partial charge in [0, 0.05) is 18.8 Å². The summed E-state index contributed by atoms with van der Waals surface area (Å²) in [6.45, 7) is 12.2. The number of likely N-dealkylation sites (tertiary alicyclic amines) is 1. The highest BCUT2D eigenvalue weighted by atomic mass is 15.3. The van der Waals surface area contributed by atoms with Gasteiger partial charge in [-0.1, -0.05) is 6.92 Å². The Labute approximate surface area is 117 Å². The van der Waals surface area contributed by atoms with Crippen LogP contribution in [-0.2, 0) is 6.54 Å². The monoisotopic (exact) mass is 264 g/mol. The highest BCUT2D eigenvalue weighted by Crippen LogP contribution is 2.18. The van der Waals surface area contributed by atoms with Gasteiger partial charge in [0.25, 0.3) is 0 Å². The molecule has 0 bridgehead atoms. The van der Waals surface area contributed by atoms with E-state index < -0.39 is 0 Å². The SMILES string of the molecule is CCNCC1CCN(Cc2ccn(C(C)C)n2)CC1. The van der Waals surface area contributed by atoms with E-state index in [1.165, 1.54) is 38.2 Å². The van der Waals surface area contributed by atoms with E-state index in [2.05, 4.69) is 48.3 Å². The molecule has 1 aliphatic rings. The van der Waals surface area contributed by atoms with Crippen LogP contribution in [-0.4, -0.2) is 40.9 Å². The van der Waals surface area contributed by atoms with Gasteiger partial charge in [-0.15, -0.1) is 0 Å². The number of hydrogen-bond donors (Lipinski definition) is 1. The molecular formula is C15H28N4. The number of piperidine rings is 1. The first-order valence-electron chi connectivity index (χ1n) is 7.66. The maximum absolute atomic E-state index is 4.64. The van der Waals surface area contributed by atoms with E-state index in [0.717, 1.165) is 19.0 Å². The summed E-state index contributed by atoms with van der Waals surface area (Å²) in [5.41, 5.74) is 1.21. The van der Waals surface area contributed by atoms with E-state index >= 15 is 0 Å². The highest BCUT2D eigenvalue weighted by Gasteiger charge is 2.19. The Morgan fingerprint density at radius 2 is 2.11 bits per heavy atom. The maximum atomic E-state index is 4.64. The summed E-state index contributed by atoms with van der Waals surface area (Å²) in [6, 6.07) is 2.62.